The number of amides is 1. The molecule has 0 radical (unpaired) electrons. The highest BCUT2D eigenvalue weighted by Crippen LogP contribution is 2.33. The van der Waals surface area contributed by atoms with Crippen molar-refractivity contribution in [2.24, 2.45) is 5.92 Å². The Morgan fingerprint density at radius 3 is 2.38 bits per heavy atom. The molecule has 2 saturated heterocycles. The first-order chi connectivity index (χ1) is 11.5. The number of rotatable bonds is 4. The number of nitrogens with zero attached hydrogens (tertiary/aromatic N) is 2. The molecule has 2 fully saturated rings. The Kier molecular flexibility index (Phi) is 5.56. The Balaban J connectivity index is 1.67. The number of hydrogen-bond donors (Lipinski definition) is 1. The van der Waals surface area contributed by atoms with Gasteiger partial charge in [0, 0.05) is 36.6 Å². The predicted octanol–water partition coefficient (Wildman–Crippen LogP) is 2.56. The Hall–Kier alpha value is -1.40. The molecule has 0 aliphatic carbocycles. The Bertz CT molecular complexity index is 599. The molecule has 2 heterocycles. The zero-order valence-electron chi connectivity index (χ0n) is 13.7. The van der Waals surface area contributed by atoms with Crippen LogP contribution in [0.25, 0.3) is 0 Å². The summed E-state index contributed by atoms with van der Waals surface area (Å²) >= 11 is 3.41. The molecule has 0 bridgehead atoms. The van der Waals surface area contributed by atoms with E-state index in [9.17, 15) is 14.7 Å². The van der Waals surface area contributed by atoms with Crippen molar-refractivity contribution in [3.05, 3.63) is 34.3 Å². The van der Waals surface area contributed by atoms with Crippen molar-refractivity contribution in [1.82, 2.24) is 9.80 Å². The van der Waals surface area contributed by atoms with Crippen LogP contribution in [-0.4, -0.2) is 59.5 Å². The number of carboxylic acid groups (broad SMARTS) is 1. The summed E-state index contributed by atoms with van der Waals surface area (Å²) in [4.78, 5) is 28.0. The summed E-state index contributed by atoms with van der Waals surface area (Å²) in [5.41, 5.74) is 1.03. The molecular weight excluding hydrogens is 372 g/mol. The number of carboxylic acids is 1. The highest BCUT2D eigenvalue weighted by atomic mass is 79.9. The van der Waals surface area contributed by atoms with Gasteiger partial charge in [-0.1, -0.05) is 28.1 Å². The van der Waals surface area contributed by atoms with Gasteiger partial charge in [0.2, 0.25) is 5.91 Å². The number of halogens is 1. The van der Waals surface area contributed by atoms with Crippen LogP contribution >= 0.6 is 15.9 Å². The fourth-order valence-corrected chi connectivity index (χ4v) is 4.01. The minimum absolute atomic E-state index is 0.0650. The smallest absolute Gasteiger partial charge is 0.308 e. The molecule has 0 unspecified atom stereocenters. The van der Waals surface area contributed by atoms with Gasteiger partial charge in [-0.2, -0.15) is 0 Å². The van der Waals surface area contributed by atoms with Gasteiger partial charge in [-0.15, -0.1) is 0 Å². The Morgan fingerprint density at radius 1 is 1.08 bits per heavy atom. The summed E-state index contributed by atoms with van der Waals surface area (Å²) in [5, 5.41) is 9.57. The lowest BCUT2D eigenvalue weighted by Crippen LogP contribution is -2.42. The van der Waals surface area contributed by atoms with Gasteiger partial charge in [-0.3, -0.25) is 14.5 Å². The SMILES string of the molecule is O=C(O)[C@@H]1CN(CC(=O)N2CCCCC2)C[C@H]1c1ccc(Br)cc1. The number of carbonyl (C=O) groups is 2. The first-order valence-electron chi connectivity index (χ1n) is 8.53. The van der Waals surface area contributed by atoms with E-state index in [1.54, 1.807) is 0 Å². The van der Waals surface area contributed by atoms with Crippen molar-refractivity contribution in [3.63, 3.8) is 0 Å². The van der Waals surface area contributed by atoms with E-state index in [2.05, 4.69) is 15.9 Å². The molecule has 1 aromatic rings. The van der Waals surface area contributed by atoms with Crippen molar-refractivity contribution in [1.29, 1.82) is 0 Å². The molecule has 6 heteroatoms. The average Bonchev–Trinajstić information content (AvgIpc) is 3.00. The second-order valence-corrected chi connectivity index (χ2v) is 7.65. The normalized spacial score (nSPS) is 25.0. The number of hydrogen-bond acceptors (Lipinski definition) is 3. The first kappa shape index (κ1) is 17.4. The van der Waals surface area contributed by atoms with Gasteiger partial charge in [-0.05, 0) is 37.0 Å². The van der Waals surface area contributed by atoms with E-state index < -0.39 is 11.9 Å². The molecule has 2 aliphatic heterocycles. The number of benzene rings is 1. The molecule has 1 aromatic carbocycles. The monoisotopic (exact) mass is 394 g/mol. The highest BCUT2D eigenvalue weighted by molar-refractivity contribution is 9.10. The van der Waals surface area contributed by atoms with Crippen LogP contribution in [0.4, 0.5) is 0 Å². The maximum absolute atomic E-state index is 12.4. The van der Waals surface area contributed by atoms with E-state index in [0.717, 1.165) is 36.0 Å². The molecule has 5 nitrogen and oxygen atoms in total. The van der Waals surface area contributed by atoms with Crippen LogP contribution in [0.15, 0.2) is 28.7 Å². The molecule has 3 rings (SSSR count). The van der Waals surface area contributed by atoms with Gasteiger partial charge in [-0.25, -0.2) is 0 Å². The summed E-state index contributed by atoms with van der Waals surface area (Å²) < 4.78 is 0.980. The second-order valence-electron chi connectivity index (χ2n) is 6.74. The van der Waals surface area contributed by atoms with Crippen molar-refractivity contribution < 1.29 is 14.7 Å². The molecule has 1 N–H and O–H groups in total. The van der Waals surface area contributed by atoms with E-state index in [0.29, 0.717) is 19.6 Å². The third-order valence-electron chi connectivity index (χ3n) is 5.08. The minimum atomic E-state index is -0.782. The standard InChI is InChI=1S/C18H23BrN2O3/c19-14-6-4-13(5-7-14)15-10-20(11-16(15)18(23)24)12-17(22)21-8-2-1-3-9-21/h4-7,15-16H,1-3,8-12H2,(H,23,24)/t15-,16+/m0/s1. The number of carbonyl (C=O) groups excluding carboxylic acids is 1. The number of likely N-dealkylation sites (tertiary alicyclic amines) is 2. The van der Waals surface area contributed by atoms with Gasteiger partial charge in [0.1, 0.15) is 0 Å². The predicted molar refractivity (Wildman–Crippen MR) is 94.9 cm³/mol. The maximum atomic E-state index is 12.4. The number of piperidine rings is 1. The fourth-order valence-electron chi connectivity index (χ4n) is 3.75. The van der Waals surface area contributed by atoms with E-state index in [1.807, 2.05) is 34.1 Å². The molecule has 0 saturated carbocycles. The van der Waals surface area contributed by atoms with Crippen molar-refractivity contribution in [2.75, 3.05) is 32.7 Å². The average molecular weight is 395 g/mol. The minimum Gasteiger partial charge on any atom is -0.481 e. The van der Waals surface area contributed by atoms with Crippen LogP contribution in [0.5, 0.6) is 0 Å². The summed E-state index contributed by atoms with van der Waals surface area (Å²) in [5.74, 6) is -1.17. The van der Waals surface area contributed by atoms with Crippen LogP contribution in [0, 0.1) is 5.92 Å². The molecular formula is C18H23BrN2O3. The molecule has 2 atom stereocenters. The summed E-state index contributed by atoms with van der Waals surface area (Å²) in [6.45, 7) is 3.07. The molecule has 1 amide bonds. The Morgan fingerprint density at radius 2 is 1.75 bits per heavy atom. The molecule has 130 valence electrons. The van der Waals surface area contributed by atoms with Gasteiger partial charge < -0.3 is 10.0 Å². The van der Waals surface area contributed by atoms with Crippen LogP contribution in [0.3, 0.4) is 0 Å². The zero-order chi connectivity index (χ0) is 17.1. The maximum Gasteiger partial charge on any atom is 0.308 e. The van der Waals surface area contributed by atoms with Crippen LogP contribution in [0.2, 0.25) is 0 Å². The van der Waals surface area contributed by atoms with Crippen molar-refractivity contribution >= 4 is 27.8 Å². The fraction of sp³-hybridized carbons (Fsp3) is 0.556. The lowest BCUT2D eigenvalue weighted by Gasteiger charge is -2.28. The van der Waals surface area contributed by atoms with Gasteiger partial charge >= 0.3 is 5.97 Å². The lowest BCUT2D eigenvalue weighted by molar-refractivity contribution is -0.142. The quantitative estimate of drug-likeness (QED) is 0.852. The second kappa shape index (κ2) is 7.66. The van der Waals surface area contributed by atoms with E-state index >= 15 is 0 Å². The van der Waals surface area contributed by atoms with E-state index in [1.165, 1.54) is 6.42 Å². The van der Waals surface area contributed by atoms with Gasteiger partial charge in [0.05, 0.1) is 12.5 Å². The lowest BCUT2D eigenvalue weighted by atomic mass is 9.89. The third kappa shape index (κ3) is 3.98. The summed E-state index contributed by atoms with van der Waals surface area (Å²) in [6, 6.07) is 7.83. The third-order valence-corrected chi connectivity index (χ3v) is 5.61. The first-order valence-corrected chi connectivity index (χ1v) is 9.32. The molecule has 0 aromatic heterocycles. The number of aliphatic carboxylic acids is 1. The zero-order valence-corrected chi connectivity index (χ0v) is 15.2. The molecule has 0 spiro atoms. The molecule has 24 heavy (non-hydrogen) atoms. The molecule has 2 aliphatic rings. The summed E-state index contributed by atoms with van der Waals surface area (Å²) in [7, 11) is 0. The largest absolute Gasteiger partial charge is 0.481 e. The van der Waals surface area contributed by atoms with E-state index in [4.69, 9.17) is 0 Å². The summed E-state index contributed by atoms with van der Waals surface area (Å²) in [6.07, 6.45) is 3.34. The van der Waals surface area contributed by atoms with Crippen LogP contribution in [0.1, 0.15) is 30.7 Å². The van der Waals surface area contributed by atoms with Gasteiger partial charge in [0.25, 0.3) is 0 Å². The van der Waals surface area contributed by atoms with E-state index in [-0.39, 0.29) is 11.8 Å². The van der Waals surface area contributed by atoms with Crippen molar-refractivity contribution in [2.45, 2.75) is 25.2 Å². The Labute approximate surface area is 150 Å². The van der Waals surface area contributed by atoms with Crippen molar-refractivity contribution in [3.8, 4) is 0 Å². The van der Waals surface area contributed by atoms with Gasteiger partial charge in [0.15, 0.2) is 0 Å². The topological polar surface area (TPSA) is 60.9 Å². The highest BCUT2D eigenvalue weighted by Gasteiger charge is 2.39. The van der Waals surface area contributed by atoms with Crippen LogP contribution in [-0.2, 0) is 9.59 Å². The van der Waals surface area contributed by atoms with Crippen LogP contribution < -0.4 is 0 Å².